The summed E-state index contributed by atoms with van der Waals surface area (Å²) < 4.78 is 14.0. The Bertz CT molecular complexity index is 440. The number of likely N-dealkylation sites (N-methyl/N-ethyl adjacent to an activating group) is 2. The van der Waals surface area contributed by atoms with Crippen LogP contribution in [-0.2, 0) is 0 Å². The summed E-state index contributed by atoms with van der Waals surface area (Å²) in [5.41, 5.74) is 0. The Balaban J connectivity index is 2.13. The highest BCUT2D eigenvalue weighted by Crippen LogP contribution is 2.22. The van der Waals surface area contributed by atoms with Gasteiger partial charge in [0.1, 0.15) is 0 Å². The standard InChI is InChI=1S/C14H24FN5/c1-4-7-16-14-17-9-12(15)13(18-14)20(3)11-6-5-8-19(2)10-11/h9,11H,4-8,10H2,1-3H3,(H,16,17,18). The molecule has 1 aliphatic rings. The minimum absolute atomic E-state index is 0.303. The van der Waals surface area contributed by atoms with Gasteiger partial charge in [0.15, 0.2) is 11.6 Å². The monoisotopic (exact) mass is 281 g/mol. The third-order valence-electron chi connectivity index (χ3n) is 3.74. The molecular formula is C14H24FN5. The summed E-state index contributed by atoms with van der Waals surface area (Å²) in [6, 6.07) is 0.303. The fourth-order valence-electron chi connectivity index (χ4n) is 2.56. The highest BCUT2D eigenvalue weighted by Gasteiger charge is 2.24. The molecule has 5 nitrogen and oxygen atoms in total. The van der Waals surface area contributed by atoms with E-state index in [2.05, 4.69) is 34.2 Å². The van der Waals surface area contributed by atoms with E-state index in [1.807, 2.05) is 11.9 Å². The number of likely N-dealkylation sites (tertiary alicyclic amines) is 1. The molecule has 0 aliphatic carbocycles. The Morgan fingerprint density at radius 1 is 1.55 bits per heavy atom. The highest BCUT2D eigenvalue weighted by atomic mass is 19.1. The van der Waals surface area contributed by atoms with E-state index in [-0.39, 0.29) is 5.82 Å². The third kappa shape index (κ3) is 3.56. The van der Waals surface area contributed by atoms with E-state index in [9.17, 15) is 4.39 Å². The fourth-order valence-corrected chi connectivity index (χ4v) is 2.56. The minimum Gasteiger partial charge on any atom is -0.354 e. The summed E-state index contributed by atoms with van der Waals surface area (Å²) in [6.07, 6.45) is 4.45. The van der Waals surface area contributed by atoms with Gasteiger partial charge < -0.3 is 15.1 Å². The number of rotatable bonds is 5. The molecule has 1 aromatic rings. The van der Waals surface area contributed by atoms with Gasteiger partial charge in [-0.3, -0.25) is 0 Å². The van der Waals surface area contributed by atoms with E-state index in [4.69, 9.17) is 0 Å². The van der Waals surface area contributed by atoms with Crippen molar-refractivity contribution in [3.8, 4) is 0 Å². The van der Waals surface area contributed by atoms with Crippen molar-refractivity contribution in [1.82, 2.24) is 14.9 Å². The summed E-state index contributed by atoms with van der Waals surface area (Å²) in [5, 5.41) is 3.10. The van der Waals surface area contributed by atoms with Crippen LogP contribution < -0.4 is 10.2 Å². The molecule has 2 heterocycles. The zero-order valence-electron chi connectivity index (χ0n) is 12.6. The van der Waals surface area contributed by atoms with E-state index in [1.165, 1.54) is 6.20 Å². The molecule has 6 heteroatoms. The molecule has 1 aromatic heterocycles. The van der Waals surface area contributed by atoms with Gasteiger partial charge >= 0.3 is 0 Å². The number of nitrogens with zero attached hydrogens (tertiary/aromatic N) is 4. The predicted octanol–water partition coefficient (Wildman–Crippen LogP) is 1.97. The van der Waals surface area contributed by atoms with Crippen LogP contribution in [0.3, 0.4) is 0 Å². The predicted molar refractivity (Wildman–Crippen MR) is 79.7 cm³/mol. The van der Waals surface area contributed by atoms with E-state index in [0.717, 1.165) is 38.9 Å². The Morgan fingerprint density at radius 3 is 3.05 bits per heavy atom. The molecule has 20 heavy (non-hydrogen) atoms. The van der Waals surface area contributed by atoms with E-state index in [0.29, 0.717) is 17.8 Å². The molecule has 1 atom stereocenters. The van der Waals surface area contributed by atoms with Crippen molar-refractivity contribution in [2.24, 2.45) is 0 Å². The van der Waals surface area contributed by atoms with Gasteiger partial charge in [0.05, 0.1) is 6.20 Å². The molecule has 0 aromatic carbocycles. The summed E-state index contributed by atoms with van der Waals surface area (Å²) in [4.78, 5) is 12.5. The first kappa shape index (κ1) is 15.0. The Hall–Kier alpha value is -1.43. The van der Waals surface area contributed by atoms with Gasteiger partial charge in [-0.25, -0.2) is 9.37 Å². The van der Waals surface area contributed by atoms with Crippen molar-refractivity contribution in [3.05, 3.63) is 12.0 Å². The molecule has 0 radical (unpaired) electrons. The molecular weight excluding hydrogens is 257 g/mol. The Morgan fingerprint density at radius 2 is 2.35 bits per heavy atom. The quantitative estimate of drug-likeness (QED) is 0.894. The zero-order chi connectivity index (χ0) is 14.5. The summed E-state index contributed by atoms with van der Waals surface area (Å²) in [5.74, 6) is 0.529. The van der Waals surface area contributed by atoms with Crippen LogP contribution >= 0.6 is 0 Å². The van der Waals surface area contributed by atoms with Crippen LogP contribution in [0.1, 0.15) is 26.2 Å². The van der Waals surface area contributed by atoms with Crippen molar-refractivity contribution in [3.63, 3.8) is 0 Å². The number of aromatic nitrogens is 2. The SMILES string of the molecule is CCCNc1ncc(F)c(N(C)C2CCCN(C)C2)n1. The molecule has 0 spiro atoms. The molecule has 112 valence electrons. The topological polar surface area (TPSA) is 44.3 Å². The molecule has 1 aliphatic heterocycles. The van der Waals surface area contributed by atoms with Gasteiger partial charge in [0.25, 0.3) is 0 Å². The molecule has 0 bridgehead atoms. The maximum absolute atomic E-state index is 14.0. The summed E-state index contributed by atoms with van der Waals surface area (Å²) in [7, 11) is 4.02. The van der Waals surface area contributed by atoms with Crippen LogP contribution in [0.25, 0.3) is 0 Å². The first-order chi connectivity index (χ1) is 9.61. The van der Waals surface area contributed by atoms with Gasteiger partial charge in [-0.05, 0) is 32.9 Å². The number of hydrogen-bond donors (Lipinski definition) is 1. The van der Waals surface area contributed by atoms with Crippen molar-refractivity contribution in [1.29, 1.82) is 0 Å². The molecule has 0 amide bonds. The van der Waals surface area contributed by atoms with Crippen LogP contribution in [0.15, 0.2) is 6.20 Å². The average molecular weight is 281 g/mol. The van der Waals surface area contributed by atoms with Gasteiger partial charge in [-0.1, -0.05) is 6.92 Å². The van der Waals surface area contributed by atoms with Gasteiger partial charge in [0, 0.05) is 26.2 Å². The number of nitrogens with one attached hydrogen (secondary N) is 1. The average Bonchev–Trinajstić information content (AvgIpc) is 2.45. The Kier molecular flexibility index (Phi) is 5.11. The summed E-state index contributed by atoms with van der Waals surface area (Å²) >= 11 is 0. The number of anilines is 2. The lowest BCUT2D eigenvalue weighted by molar-refractivity contribution is 0.247. The normalized spacial score (nSPS) is 19.9. The number of piperidine rings is 1. The van der Waals surface area contributed by atoms with E-state index >= 15 is 0 Å². The molecule has 0 saturated carbocycles. The van der Waals surface area contributed by atoms with Crippen LogP contribution in [0, 0.1) is 5.82 Å². The van der Waals surface area contributed by atoms with Gasteiger partial charge in [-0.2, -0.15) is 4.98 Å². The Labute approximate surface area is 120 Å². The van der Waals surface area contributed by atoms with Crippen LogP contribution in [-0.4, -0.2) is 54.6 Å². The van der Waals surface area contributed by atoms with Crippen molar-refractivity contribution < 1.29 is 4.39 Å². The fraction of sp³-hybridized carbons (Fsp3) is 0.714. The minimum atomic E-state index is -0.359. The largest absolute Gasteiger partial charge is 0.354 e. The molecule has 1 N–H and O–H groups in total. The van der Waals surface area contributed by atoms with Gasteiger partial charge in [-0.15, -0.1) is 0 Å². The lowest BCUT2D eigenvalue weighted by Crippen LogP contribution is -2.45. The number of hydrogen-bond acceptors (Lipinski definition) is 5. The zero-order valence-corrected chi connectivity index (χ0v) is 12.6. The highest BCUT2D eigenvalue weighted by molar-refractivity contribution is 5.44. The lowest BCUT2D eigenvalue weighted by atomic mass is 10.1. The smallest absolute Gasteiger partial charge is 0.224 e. The molecule has 1 unspecified atom stereocenters. The van der Waals surface area contributed by atoms with Crippen molar-refractivity contribution in [2.45, 2.75) is 32.2 Å². The third-order valence-corrected chi connectivity index (χ3v) is 3.74. The van der Waals surface area contributed by atoms with Crippen molar-refractivity contribution in [2.75, 3.05) is 43.9 Å². The maximum atomic E-state index is 14.0. The first-order valence-corrected chi connectivity index (χ1v) is 7.29. The summed E-state index contributed by atoms with van der Waals surface area (Å²) in [6.45, 7) is 4.92. The second-order valence-corrected chi connectivity index (χ2v) is 5.46. The van der Waals surface area contributed by atoms with Crippen LogP contribution in [0.4, 0.5) is 16.2 Å². The molecule has 2 rings (SSSR count). The second-order valence-electron chi connectivity index (χ2n) is 5.46. The van der Waals surface area contributed by atoms with Crippen molar-refractivity contribution >= 4 is 11.8 Å². The van der Waals surface area contributed by atoms with Crippen LogP contribution in [0.5, 0.6) is 0 Å². The first-order valence-electron chi connectivity index (χ1n) is 7.29. The maximum Gasteiger partial charge on any atom is 0.224 e. The molecule has 1 saturated heterocycles. The van der Waals surface area contributed by atoms with E-state index in [1.54, 1.807) is 0 Å². The molecule has 1 fully saturated rings. The van der Waals surface area contributed by atoms with E-state index < -0.39 is 0 Å². The van der Waals surface area contributed by atoms with Crippen LogP contribution in [0.2, 0.25) is 0 Å². The second kappa shape index (κ2) is 6.83. The number of halogens is 1. The lowest BCUT2D eigenvalue weighted by Gasteiger charge is -2.36. The van der Waals surface area contributed by atoms with Gasteiger partial charge in [0.2, 0.25) is 5.95 Å².